The van der Waals surface area contributed by atoms with Gasteiger partial charge in [-0.3, -0.25) is 4.79 Å². The molecule has 1 aromatic rings. The average molecular weight is 325 g/mol. The molecule has 2 heterocycles. The van der Waals surface area contributed by atoms with Gasteiger partial charge < -0.3 is 15.4 Å². The van der Waals surface area contributed by atoms with Crippen molar-refractivity contribution in [2.24, 2.45) is 11.7 Å². The van der Waals surface area contributed by atoms with Crippen LogP contribution in [0.4, 0.5) is 0 Å². The molecule has 22 heavy (non-hydrogen) atoms. The molecule has 3 rings (SSSR count). The van der Waals surface area contributed by atoms with Crippen molar-refractivity contribution in [1.29, 1.82) is 0 Å². The first-order valence-corrected chi connectivity index (χ1v) is 7.94. The topological polar surface area (TPSA) is 55.6 Å². The van der Waals surface area contributed by atoms with Gasteiger partial charge in [-0.1, -0.05) is 30.3 Å². The number of halogens is 1. The maximum atomic E-state index is 12.5. The van der Waals surface area contributed by atoms with E-state index in [-0.39, 0.29) is 30.5 Å². The number of amides is 1. The van der Waals surface area contributed by atoms with Crippen LogP contribution in [-0.4, -0.2) is 42.6 Å². The van der Waals surface area contributed by atoms with Crippen LogP contribution >= 0.6 is 12.4 Å². The van der Waals surface area contributed by atoms with E-state index < -0.39 is 0 Å². The fourth-order valence-corrected chi connectivity index (χ4v) is 3.41. The third-order valence-corrected chi connectivity index (χ3v) is 4.61. The van der Waals surface area contributed by atoms with Gasteiger partial charge in [0.05, 0.1) is 6.10 Å². The number of benzene rings is 1. The summed E-state index contributed by atoms with van der Waals surface area (Å²) in [5, 5.41) is 0. The molecule has 2 fully saturated rings. The van der Waals surface area contributed by atoms with Gasteiger partial charge in [0.2, 0.25) is 0 Å². The van der Waals surface area contributed by atoms with Crippen LogP contribution in [-0.2, 0) is 16.0 Å². The number of rotatable bonds is 4. The van der Waals surface area contributed by atoms with Crippen molar-refractivity contribution in [3.63, 3.8) is 0 Å². The molecule has 122 valence electrons. The third kappa shape index (κ3) is 4.00. The first-order valence-electron chi connectivity index (χ1n) is 7.94. The molecule has 1 unspecified atom stereocenters. The molecule has 1 amide bonds. The quantitative estimate of drug-likeness (QED) is 0.921. The first-order chi connectivity index (χ1) is 10.3. The SMILES string of the molecule is Cl.NC[C@H]1CC[C@@H](C(=O)N2CCC(Cc3ccccc3)C2)O1. The molecule has 5 heteroatoms. The minimum atomic E-state index is -0.256. The predicted octanol–water partition coefficient (Wildman–Crippen LogP) is 2.01. The Morgan fingerprint density at radius 3 is 2.68 bits per heavy atom. The molecule has 2 aliphatic rings. The van der Waals surface area contributed by atoms with Gasteiger partial charge in [0.15, 0.2) is 0 Å². The molecule has 0 aliphatic carbocycles. The van der Waals surface area contributed by atoms with Crippen LogP contribution in [0.3, 0.4) is 0 Å². The Bertz CT molecular complexity index is 483. The number of hydrogen-bond donors (Lipinski definition) is 1. The second kappa shape index (κ2) is 7.95. The van der Waals surface area contributed by atoms with Gasteiger partial charge in [-0.05, 0) is 37.2 Å². The molecule has 4 nitrogen and oxygen atoms in total. The van der Waals surface area contributed by atoms with Crippen molar-refractivity contribution in [3.8, 4) is 0 Å². The average Bonchev–Trinajstić information content (AvgIpc) is 3.16. The maximum absolute atomic E-state index is 12.5. The van der Waals surface area contributed by atoms with Crippen molar-refractivity contribution < 1.29 is 9.53 Å². The number of likely N-dealkylation sites (tertiary alicyclic amines) is 1. The highest BCUT2D eigenvalue weighted by Gasteiger charge is 2.35. The van der Waals surface area contributed by atoms with E-state index in [0.29, 0.717) is 12.5 Å². The second-order valence-electron chi connectivity index (χ2n) is 6.19. The van der Waals surface area contributed by atoms with Crippen molar-refractivity contribution >= 4 is 18.3 Å². The van der Waals surface area contributed by atoms with Gasteiger partial charge in [0.25, 0.3) is 5.91 Å². The standard InChI is InChI=1S/C17H24N2O2.ClH/c18-11-15-6-7-16(21-15)17(20)19-9-8-14(12-19)10-13-4-2-1-3-5-13;/h1-5,14-16H,6-12,18H2;1H/t14?,15-,16+;/m1./s1. The van der Waals surface area contributed by atoms with Gasteiger partial charge in [-0.15, -0.1) is 12.4 Å². The summed E-state index contributed by atoms with van der Waals surface area (Å²) in [5.74, 6) is 0.740. The Hall–Kier alpha value is -1.10. The fourth-order valence-electron chi connectivity index (χ4n) is 3.41. The summed E-state index contributed by atoms with van der Waals surface area (Å²) < 4.78 is 5.72. The van der Waals surface area contributed by atoms with Crippen LogP contribution in [0, 0.1) is 5.92 Å². The molecule has 0 bridgehead atoms. The lowest BCUT2D eigenvalue weighted by Gasteiger charge is -2.21. The normalized spacial score (nSPS) is 27.7. The Labute approximate surface area is 138 Å². The molecular weight excluding hydrogens is 300 g/mol. The van der Waals surface area contributed by atoms with Crippen LogP contribution < -0.4 is 5.73 Å². The zero-order valence-electron chi connectivity index (χ0n) is 12.8. The Kier molecular flexibility index (Phi) is 6.24. The van der Waals surface area contributed by atoms with Gasteiger partial charge >= 0.3 is 0 Å². The lowest BCUT2D eigenvalue weighted by Crippen LogP contribution is -2.38. The van der Waals surface area contributed by atoms with E-state index in [1.54, 1.807) is 0 Å². The zero-order chi connectivity index (χ0) is 14.7. The summed E-state index contributed by atoms with van der Waals surface area (Å²) in [5.41, 5.74) is 6.97. The fraction of sp³-hybridized carbons (Fsp3) is 0.588. The number of nitrogens with zero attached hydrogens (tertiary/aromatic N) is 1. The molecule has 2 aliphatic heterocycles. The van der Waals surface area contributed by atoms with E-state index >= 15 is 0 Å². The highest BCUT2D eigenvalue weighted by atomic mass is 35.5. The van der Waals surface area contributed by atoms with E-state index in [1.807, 2.05) is 11.0 Å². The smallest absolute Gasteiger partial charge is 0.251 e. The van der Waals surface area contributed by atoms with Gasteiger partial charge in [-0.25, -0.2) is 0 Å². The molecule has 0 radical (unpaired) electrons. The molecule has 3 atom stereocenters. The van der Waals surface area contributed by atoms with Crippen molar-refractivity contribution in [1.82, 2.24) is 4.90 Å². The van der Waals surface area contributed by atoms with E-state index in [4.69, 9.17) is 10.5 Å². The van der Waals surface area contributed by atoms with Crippen LogP contribution in [0.25, 0.3) is 0 Å². The Morgan fingerprint density at radius 2 is 2.00 bits per heavy atom. The molecule has 1 aromatic carbocycles. The summed E-state index contributed by atoms with van der Waals surface area (Å²) in [4.78, 5) is 14.5. The highest BCUT2D eigenvalue weighted by molar-refractivity contribution is 5.85. The number of carbonyl (C=O) groups is 1. The van der Waals surface area contributed by atoms with Crippen molar-refractivity contribution in [2.75, 3.05) is 19.6 Å². The van der Waals surface area contributed by atoms with Crippen LogP contribution in [0.2, 0.25) is 0 Å². The number of carbonyl (C=O) groups excluding carboxylic acids is 1. The van der Waals surface area contributed by atoms with Gasteiger partial charge in [0.1, 0.15) is 6.10 Å². The number of nitrogens with two attached hydrogens (primary N) is 1. The molecule has 2 saturated heterocycles. The van der Waals surface area contributed by atoms with E-state index in [0.717, 1.165) is 38.8 Å². The lowest BCUT2D eigenvalue weighted by atomic mass is 9.99. The first kappa shape index (κ1) is 17.3. The molecule has 0 saturated carbocycles. The summed E-state index contributed by atoms with van der Waals surface area (Å²) in [6, 6.07) is 10.5. The molecule has 0 spiro atoms. The minimum Gasteiger partial charge on any atom is -0.364 e. The van der Waals surface area contributed by atoms with Crippen molar-refractivity contribution in [3.05, 3.63) is 35.9 Å². The zero-order valence-corrected chi connectivity index (χ0v) is 13.6. The van der Waals surface area contributed by atoms with E-state index in [2.05, 4.69) is 24.3 Å². The summed E-state index contributed by atoms with van der Waals surface area (Å²) in [6.07, 6.45) is 3.69. The van der Waals surface area contributed by atoms with Crippen LogP contribution in [0.15, 0.2) is 30.3 Å². The Morgan fingerprint density at radius 1 is 1.23 bits per heavy atom. The number of hydrogen-bond acceptors (Lipinski definition) is 3. The molecule has 0 aromatic heterocycles. The summed E-state index contributed by atoms with van der Waals surface area (Å²) >= 11 is 0. The third-order valence-electron chi connectivity index (χ3n) is 4.61. The lowest BCUT2D eigenvalue weighted by molar-refractivity contribution is -0.141. The summed E-state index contributed by atoms with van der Waals surface area (Å²) in [7, 11) is 0. The van der Waals surface area contributed by atoms with E-state index in [9.17, 15) is 4.79 Å². The Balaban J connectivity index is 0.00000176. The predicted molar refractivity (Wildman–Crippen MR) is 89.0 cm³/mol. The minimum absolute atomic E-state index is 0. The van der Waals surface area contributed by atoms with Crippen LogP contribution in [0.5, 0.6) is 0 Å². The van der Waals surface area contributed by atoms with E-state index in [1.165, 1.54) is 5.56 Å². The summed E-state index contributed by atoms with van der Waals surface area (Å²) in [6.45, 7) is 2.24. The largest absolute Gasteiger partial charge is 0.364 e. The number of ether oxygens (including phenoxy) is 1. The van der Waals surface area contributed by atoms with Crippen LogP contribution in [0.1, 0.15) is 24.8 Å². The second-order valence-corrected chi connectivity index (χ2v) is 6.19. The molecule has 2 N–H and O–H groups in total. The maximum Gasteiger partial charge on any atom is 0.251 e. The highest BCUT2D eigenvalue weighted by Crippen LogP contribution is 2.25. The van der Waals surface area contributed by atoms with Crippen molar-refractivity contribution in [2.45, 2.75) is 37.9 Å². The monoisotopic (exact) mass is 324 g/mol. The van der Waals surface area contributed by atoms with Gasteiger partial charge in [0, 0.05) is 19.6 Å². The van der Waals surface area contributed by atoms with Gasteiger partial charge in [-0.2, -0.15) is 0 Å². The molecular formula is C17H25ClN2O2.